The zero-order chi connectivity index (χ0) is 19.7. The van der Waals surface area contributed by atoms with Crippen molar-refractivity contribution in [1.82, 2.24) is 9.55 Å². The van der Waals surface area contributed by atoms with Gasteiger partial charge < -0.3 is 14.6 Å². The van der Waals surface area contributed by atoms with Crippen LogP contribution in [-0.4, -0.2) is 28.5 Å². The van der Waals surface area contributed by atoms with Gasteiger partial charge in [-0.3, -0.25) is 4.79 Å². The number of aromatic nitrogens is 2. The number of nitrogens with one attached hydrogen (secondary N) is 1. The zero-order valence-corrected chi connectivity index (χ0v) is 16.1. The van der Waals surface area contributed by atoms with Crippen LogP contribution in [0.25, 0.3) is 22.4 Å². The fourth-order valence-electron chi connectivity index (χ4n) is 2.97. The number of anilines is 1. The number of thiophene rings is 1. The van der Waals surface area contributed by atoms with Crippen molar-refractivity contribution >= 4 is 39.9 Å². The number of amides is 1. The van der Waals surface area contributed by atoms with Gasteiger partial charge in [-0.15, -0.1) is 11.3 Å². The van der Waals surface area contributed by atoms with Crippen molar-refractivity contribution in [3.63, 3.8) is 0 Å². The molecule has 0 radical (unpaired) electrons. The van der Waals surface area contributed by atoms with Gasteiger partial charge in [0.2, 0.25) is 0 Å². The largest absolute Gasteiger partial charge is 0.465 e. The molecule has 0 aliphatic rings. The van der Waals surface area contributed by atoms with Crippen LogP contribution in [-0.2, 0) is 11.8 Å². The van der Waals surface area contributed by atoms with Gasteiger partial charge in [0.15, 0.2) is 0 Å². The van der Waals surface area contributed by atoms with Crippen LogP contribution in [0.4, 0.5) is 5.69 Å². The number of aryl methyl sites for hydroxylation is 1. The van der Waals surface area contributed by atoms with Crippen molar-refractivity contribution < 1.29 is 14.3 Å². The van der Waals surface area contributed by atoms with Crippen LogP contribution in [0.1, 0.15) is 19.3 Å². The Morgan fingerprint density at radius 1 is 1.00 bits per heavy atom. The number of fused-ring (bicyclic) bond motifs is 1. The standard InChI is InChI=1S/C21H17N3O3S/c1-24-16-6-4-3-5-15(16)23-19(24)13-7-9-14(10-8-13)22-20(25)17-11-12-18(28-17)21(26)27-2/h3-12H,1-2H3,(H,22,25). The lowest BCUT2D eigenvalue weighted by atomic mass is 10.2. The van der Waals surface area contributed by atoms with Gasteiger partial charge in [0.1, 0.15) is 10.7 Å². The summed E-state index contributed by atoms with van der Waals surface area (Å²) in [6.07, 6.45) is 0. The Morgan fingerprint density at radius 3 is 2.43 bits per heavy atom. The fraction of sp³-hybridized carbons (Fsp3) is 0.0952. The average molecular weight is 391 g/mol. The smallest absolute Gasteiger partial charge is 0.348 e. The van der Waals surface area contributed by atoms with Crippen molar-refractivity contribution in [3.8, 4) is 11.4 Å². The van der Waals surface area contributed by atoms with Crippen LogP contribution in [0, 0.1) is 0 Å². The summed E-state index contributed by atoms with van der Waals surface area (Å²) in [6, 6.07) is 18.7. The van der Waals surface area contributed by atoms with Crippen LogP contribution in [0.15, 0.2) is 60.7 Å². The molecule has 0 atom stereocenters. The van der Waals surface area contributed by atoms with E-state index in [0.29, 0.717) is 15.4 Å². The highest BCUT2D eigenvalue weighted by Gasteiger charge is 2.15. The molecule has 0 spiro atoms. The normalized spacial score (nSPS) is 10.8. The molecule has 4 aromatic rings. The number of imidazole rings is 1. The number of ether oxygens (including phenoxy) is 1. The molecule has 2 heterocycles. The number of esters is 1. The molecule has 1 amide bonds. The molecule has 4 rings (SSSR count). The van der Waals surface area contributed by atoms with Crippen molar-refractivity contribution in [2.45, 2.75) is 0 Å². The molecule has 28 heavy (non-hydrogen) atoms. The minimum Gasteiger partial charge on any atom is -0.465 e. The fourth-order valence-corrected chi connectivity index (χ4v) is 3.79. The Morgan fingerprint density at radius 2 is 1.71 bits per heavy atom. The van der Waals surface area contributed by atoms with Crippen LogP contribution in [0.2, 0.25) is 0 Å². The first-order valence-corrected chi connectivity index (χ1v) is 9.40. The van der Waals surface area contributed by atoms with E-state index in [0.717, 1.165) is 33.8 Å². The second-order valence-electron chi connectivity index (χ2n) is 6.17. The van der Waals surface area contributed by atoms with Crippen molar-refractivity contribution in [3.05, 3.63) is 70.4 Å². The summed E-state index contributed by atoms with van der Waals surface area (Å²) in [5, 5.41) is 2.84. The van der Waals surface area contributed by atoms with E-state index >= 15 is 0 Å². The summed E-state index contributed by atoms with van der Waals surface area (Å²) in [4.78, 5) is 29.4. The minimum atomic E-state index is -0.448. The number of hydrogen-bond donors (Lipinski definition) is 1. The summed E-state index contributed by atoms with van der Waals surface area (Å²) in [7, 11) is 3.30. The Bertz CT molecular complexity index is 1180. The van der Waals surface area contributed by atoms with Gasteiger partial charge >= 0.3 is 5.97 Å². The van der Waals surface area contributed by atoms with Gasteiger partial charge in [0, 0.05) is 18.3 Å². The summed E-state index contributed by atoms with van der Waals surface area (Å²) < 4.78 is 6.71. The van der Waals surface area contributed by atoms with Crippen molar-refractivity contribution in [1.29, 1.82) is 0 Å². The highest BCUT2D eigenvalue weighted by atomic mass is 32.1. The molecule has 0 bridgehead atoms. The second-order valence-corrected chi connectivity index (χ2v) is 7.25. The van der Waals surface area contributed by atoms with E-state index in [9.17, 15) is 9.59 Å². The maximum absolute atomic E-state index is 12.4. The molecule has 0 aliphatic heterocycles. The lowest BCUT2D eigenvalue weighted by Gasteiger charge is -2.06. The molecule has 6 nitrogen and oxygen atoms in total. The number of para-hydroxylation sites is 2. The third kappa shape index (κ3) is 3.27. The monoisotopic (exact) mass is 391 g/mol. The van der Waals surface area contributed by atoms with E-state index in [4.69, 9.17) is 0 Å². The molecular weight excluding hydrogens is 374 g/mol. The molecule has 0 fully saturated rings. The molecular formula is C21H17N3O3S. The predicted octanol–water partition coefficient (Wildman–Crippen LogP) is 4.34. The second kappa shape index (κ2) is 7.28. The van der Waals surface area contributed by atoms with Gasteiger partial charge in [0.05, 0.1) is 23.0 Å². The number of hydrogen-bond acceptors (Lipinski definition) is 5. The van der Waals surface area contributed by atoms with Crippen LogP contribution >= 0.6 is 11.3 Å². The van der Waals surface area contributed by atoms with Gasteiger partial charge in [0.25, 0.3) is 5.91 Å². The lowest BCUT2D eigenvalue weighted by molar-refractivity contribution is 0.0606. The molecule has 0 saturated heterocycles. The topological polar surface area (TPSA) is 73.2 Å². The van der Waals surface area contributed by atoms with Gasteiger partial charge in [-0.05, 0) is 48.5 Å². The number of methoxy groups -OCH3 is 1. The average Bonchev–Trinajstić information content (AvgIpc) is 3.34. The highest BCUT2D eigenvalue weighted by molar-refractivity contribution is 7.16. The third-order valence-electron chi connectivity index (χ3n) is 4.40. The van der Waals surface area contributed by atoms with E-state index in [-0.39, 0.29) is 5.91 Å². The van der Waals surface area contributed by atoms with E-state index in [2.05, 4.69) is 15.0 Å². The molecule has 0 aliphatic carbocycles. The maximum Gasteiger partial charge on any atom is 0.348 e. The number of carbonyl (C=O) groups excluding carboxylic acids is 2. The Labute approximate surface area is 165 Å². The molecule has 140 valence electrons. The van der Waals surface area contributed by atoms with Gasteiger partial charge in [-0.2, -0.15) is 0 Å². The molecule has 0 unspecified atom stereocenters. The summed E-state index contributed by atoms with van der Waals surface area (Å²) in [5.74, 6) is 0.145. The number of carbonyl (C=O) groups is 2. The summed E-state index contributed by atoms with van der Waals surface area (Å²) in [5.41, 5.74) is 3.63. The van der Waals surface area contributed by atoms with Crippen LogP contribution < -0.4 is 5.32 Å². The molecule has 7 heteroatoms. The van der Waals surface area contributed by atoms with E-state index in [1.54, 1.807) is 12.1 Å². The van der Waals surface area contributed by atoms with E-state index in [1.807, 2.05) is 60.1 Å². The van der Waals surface area contributed by atoms with Gasteiger partial charge in [-0.1, -0.05) is 12.1 Å². The molecule has 1 N–H and O–H groups in total. The quantitative estimate of drug-likeness (QED) is 0.525. The summed E-state index contributed by atoms with van der Waals surface area (Å²) >= 11 is 1.10. The Kier molecular flexibility index (Phi) is 4.67. The SMILES string of the molecule is COC(=O)c1ccc(C(=O)Nc2ccc(-c3nc4ccccc4n3C)cc2)s1. The number of benzene rings is 2. The molecule has 0 saturated carbocycles. The third-order valence-corrected chi connectivity index (χ3v) is 5.47. The lowest BCUT2D eigenvalue weighted by Crippen LogP contribution is -2.10. The predicted molar refractivity (Wildman–Crippen MR) is 110 cm³/mol. The van der Waals surface area contributed by atoms with Crippen LogP contribution in [0.5, 0.6) is 0 Å². The molecule has 2 aromatic carbocycles. The zero-order valence-electron chi connectivity index (χ0n) is 15.3. The van der Waals surface area contributed by atoms with Crippen LogP contribution in [0.3, 0.4) is 0 Å². The number of nitrogens with zero attached hydrogens (tertiary/aromatic N) is 2. The maximum atomic E-state index is 12.4. The highest BCUT2D eigenvalue weighted by Crippen LogP contribution is 2.25. The first-order valence-electron chi connectivity index (χ1n) is 8.58. The number of rotatable bonds is 4. The Balaban J connectivity index is 1.53. The minimum absolute atomic E-state index is 0.268. The first-order chi connectivity index (χ1) is 13.6. The van der Waals surface area contributed by atoms with E-state index in [1.165, 1.54) is 7.11 Å². The molecule has 2 aromatic heterocycles. The first kappa shape index (κ1) is 17.9. The van der Waals surface area contributed by atoms with E-state index < -0.39 is 5.97 Å². The van der Waals surface area contributed by atoms with Gasteiger partial charge in [-0.25, -0.2) is 9.78 Å². The van der Waals surface area contributed by atoms with Crippen molar-refractivity contribution in [2.24, 2.45) is 7.05 Å². The summed E-state index contributed by atoms with van der Waals surface area (Å²) in [6.45, 7) is 0. The van der Waals surface area contributed by atoms with Crippen molar-refractivity contribution in [2.75, 3.05) is 12.4 Å². The Hall–Kier alpha value is -3.45.